The summed E-state index contributed by atoms with van der Waals surface area (Å²) in [6.07, 6.45) is 1.72. The van der Waals surface area contributed by atoms with Crippen molar-refractivity contribution in [2.24, 2.45) is 0 Å². The van der Waals surface area contributed by atoms with Gasteiger partial charge in [0.2, 0.25) is 0 Å². The second kappa shape index (κ2) is 5.76. The van der Waals surface area contributed by atoms with Crippen LogP contribution in [0.2, 0.25) is 5.02 Å². The van der Waals surface area contributed by atoms with E-state index < -0.39 is 5.54 Å². The standard InChI is InChI=1S/C16H16ClN3S/c1-18-16(7-9-20(2)10-8-16)14-11-21-15(19-14)12-3-5-13(17)6-4-12/h3-6,11H,7-10H2,2H3. The molecule has 3 rings (SSSR count). The number of hydrogen-bond acceptors (Lipinski definition) is 3. The number of nitrogens with zero attached hydrogens (tertiary/aromatic N) is 3. The van der Waals surface area contributed by atoms with E-state index in [2.05, 4.69) is 16.8 Å². The van der Waals surface area contributed by atoms with Gasteiger partial charge in [-0.1, -0.05) is 23.7 Å². The van der Waals surface area contributed by atoms with Gasteiger partial charge in [-0.25, -0.2) is 11.6 Å². The summed E-state index contributed by atoms with van der Waals surface area (Å²) in [6.45, 7) is 9.55. The summed E-state index contributed by atoms with van der Waals surface area (Å²) in [7, 11) is 2.11. The summed E-state index contributed by atoms with van der Waals surface area (Å²) in [4.78, 5) is 11.0. The lowest BCUT2D eigenvalue weighted by atomic mass is 9.86. The van der Waals surface area contributed by atoms with E-state index in [4.69, 9.17) is 23.2 Å². The van der Waals surface area contributed by atoms with Gasteiger partial charge in [0.15, 0.2) is 0 Å². The average molecular weight is 318 g/mol. The van der Waals surface area contributed by atoms with Crippen LogP contribution in [0.1, 0.15) is 18.5 Å². The first-order chi connectivity index (χ1) is 10.1. The topological polar surface area (TPSA) is 20.5 Å². The van der Waals surface area contributed by atoms with Gasteiger partial charge in [0, 0.05) is 41.9 Å². The SMILES string of the molecule is [C-]#[N+]C1(c2csc(-c3ccc(Cl)cc3)n2)CCN(C)CC1. The lowest BCUT2D eigenvalue weighted by molar-refractivity contribution is 0.214. The smallest absolute Gasteiger partial charge is 0.277 e. The second-order valence-corrected chi connectivity index (χ2v) is 6.79. The molecule has 1 saturated heterocycles. The monoisotopic (exact) mass is 317 g/mol. The highest BCUT2D eigenvalue weighted by molar-refractivity contribution is 7.13. The molecule has 0 aliphatic carbocycles. The second-order valence-electron chi connectivity index (χ2n) is 5.49. The molecule has 21 heavy (non-hydrogen) atoms. The van der Waals surface area contributed by atoms with Gasteiger partial charge in [-0.15, -0.1) is 11.3 Å². The van der Waals surface area contributed by atoms with Crippen molar-refractivity contribution in [3.05, 3.63) is 51.8 Å². The van der Waals surface area contributed by atoms with Crippen LogP contribution in [0.5, 0.6) is 0 Å². The third-order valence-electron chi connectivity index (χ3n) is 4.10. The van der Waals surface area contributed by atoms with Gasteiger partial charge in [0.1, 0.15) is 10.7 Å². The van der Waals surface area contributed by atoms with Crippen LogP contribution in [0.4, 0.5) is 0 Å². The number of piperidine rings is 1. The number of likely N-dealkylation sites (tertiary alicyclic amines) is 1. The molecule has 1 aliphatic heterocycles. The summed E-state index contributed by atoms with van der Waals surface area (Å²) in [5.41, 5.74) is 1.55. The Labute approximate surface area is 134 Å². The van der Waals surface area contributed by atoms with E-state index in [1.807, 2.05) is 29.6 Å². The molecule has 0 amide bonds. The van der Waals surface area contributed by atoms with Crippen molar-refractivity contribution in [3.63, 3.8) is 0 Å². The summed E-state index contributed by atoms with van der Waals surface area (Å²) in [5.74, 6) is 0. The minimum absolute atomic E-state index is 0.437. The van der Waals surface area contributed by atoms with Gasteiger partial charge < -0.3 is 9.74 Å². The van der Waals surface area contributed by atoms with Gasteiger partial charge >= 0.3 is 0 Å². The van der Waals surface area contributed by atoms with Crippen LogP contribution in [-0.2, 0) is 5.54 Å². The highest BCUT2D eigenvalue weighted by Gasteiger charge is 2.43. The average Bonchev–Trinajstić information content (AvgIpc) is 3.00. The normalized spacial score (nSPS) is 18.3. The first-order valence-corrected chi connectivity index (χ1v) is 8.18. The Morgan fingerprint density at radius 3 is 2.57 bits per heavy atom. The zero-order valence-corrected chi connectivity index (χ0v) is 13.4. The van der Waals surface area contributed by atoms with Crippen LogP contribution >= 0.6 is 22.9 Å². The maximum absolute atomic E-state index is 7.64. The van der Waals surface area contributed by atoms with E-state index in [-0.39, 0.29) is 0 Å². The van der Waals surface area contributed by atoms with E-state index in [0.29, 0.717) is 0 Å². The fourth-order valence-electron chi connectivity index (χ4n) is 2.63. The summed E-state index contributed by atoms with van der Waals surface area (Å²) in [6, 6.07) is 7.70. The molecule has 1 aromatic heterocycles. The molecule has 1 aromatic carbocycles. The molecule has 2 aromatic rings. The van der Waals surface area contributed by atoms with Crippen molar-refractivity contribution in [1.29, 1.82) is 0 Å². The van der Waals surface area contributed by atoms with Gasteiger partial charge in [0.05, 0.1) is 0 Å². The Morgan fingerprint density at radius 1 is 1.29 bits per heavy atom. The first-order valence-electron chi connectivity index (χ1n) is 6.92. The Hall–Kier alpha value is -1.41. The summed E-state index contributed by atoms with van der Waals surface area (Å²) >= 11 is 7.53. The maximum atomic E-state index is 7.64. The van der Waals surface area contributed by atoms with Crippen LogP contribution in [0, 0.1) is 6.57 Å². The van der Waals surface area contributed by atoms with Crippen molar-refractivity contribution < 1.29 is 0 Å². The largest absolute Gasteiger partial charge is 0.306 e. The van der Waals surface area contributed by atoms with Crippen LogP contribution in [0.25, 0.3) is 15.4 Å². The fourth-order valence-corrected chi connectivity index (χ4v) is 3.67. The van der Waals surface area contributed by atoms with Crippen LogP contribution in [0.15, 0.2) is 29.6 Å². The summed E-state index contributed by atoms with van der Waals surface area (Å²) < 4.78 is 0. The minimum atomic E-state index is -0.437. The molecule has 0 N–H and O–H groups in total. The molecular weight excluding hydrogens is 302 g/mol. The Morgan fingerprint density at radius 2 is 1.95 bits per heavy atom. The molecule has 0 bridgehead atoms. The maximum Gasteiger partial charge on any atom is 0.277 e. The van der Waals surface area contributed by atoms with Crippen molar-refractivity contribution in [2.45, 2.75) is 18.4 Å². The molecular formula is C16H16ClN3S. The number of halogens is 1. The van der Waals surface area contributed by atoms with Gasteiger partial charge in [-0.2, -0.15) is 0 Å². The molecule has 5 heteroatoms. The quantitative estimate of drug-likeness (QED) is 0.770. The predicted octanol–water partition coefficient (Wildman–Crippen LogP) is 4.30. The van der Waals surface area contributed by atoms with E-state index in [1.54, 1.807) is 11.3 Å². The van der Waals surface area contributed by atoms with Gasteiger partial charge in [-0.3, -0.25) is 0 Å². The molecule has 1 aliphatic rings. The number of benzene rings is 1. The summed E-state index contributed by atoms with van der Waals surface area (Å²) in [5, 5.41) is 3.74. The van der Waals surface area contributed by atoms with Gasteiger partial charge in [-0.05, 0) is 19.2 Å². The Balaban J connectivity index is 1.90. The third kappa shape index (κ3) is 2.82. The number of thiazole rings is 1. The van der Waals surface area contributed by atoms with Crippen LogP contribution in [-0.4, -0.2) is 30.0 Å². The number of aromatic nitrogens is 1. The fraction of sp³-hybridized carbons (Fsp3) is 0.375. The van der Waals surface area contributed by atoms with Crippen molar-refractivity contribution in [1.82, 2.24) is 9.88 Å². The lowest BCUT2D eigenvalue weighted by Crippen LogP contribution is -2.39. The number of hydrogen-bond donors (Lipinski definition) is 0. The van der Waals surface area contributed by atoms with E-state index in [0.717, 1.165) is 47.2 Å². The Bertz CT molecular complexity index is 664. The molecule has 0 atom stereocenters. The van der Waals surface area contributed by atoms with Crippen LogP contribution in [0.3, 0.4) is 0 Å². The van der Waals surface area contributed by atoms with Crippen molar-refractivity contribution in [3.8, 4) is 10.6 Å². The predicted molar refractivity (Wildman–Crippen MR) is 87.6 cm³/mol. The molecule has 0 radical (unpaired) electrons. The number of rotatable bonds is 2. The third-order valence-corrected chi connectivity index (χ3v) is 5.24. The van der Waals surface area contributed by atoms with Crippen molar-refractivity contribution in [2.75, 3.05) is 20.1 Å². The first kappa shape index (κ1) is 14.5. The van der Waals surface area contributed by atoms with Crippen LogP contribution < -0.4 is 0 Å². The molecule has 0 saturated carbocycles. The highest BCUT2D eigenvalue weighted by Crippen LogP contribution is 2.38. The molecule has 0 unspecified atom stereocenters. The Kier molecular flexibility index (Phi) is 3.99. The molecule has 2 heterocycles. The molecule has 0 spiro atoms. The minimum Gasteiger partial charge on any atom is -0.306 e. The highest BCUT2D eigenvalue weighted by atomic mass is 35.5. The zero-order valence-electron chi connectivity index (χ0n) is 11.8. The van der Waals surface area contributed by atoms with E-state index >= 15 is 0 Å². The van der Waals surface area contributed by atoms with E-state index in [9.17, 15) is 0 Å². The van der Waals surface area contributed by atoms with Crippen molar-refractivity contribution >= 4 is 22.9 Å². The van der Waals surface area contributed by atoms with E-state index in [1.165, 1.54) is 0 Å². The molecule has 1 fully saturated rings. The molecule has 108 valence electrons. The molecule has 3 nitrogen and oxygen atoms in total. The lowest BCUT2D eigenvalue weighted by Gasteiger charge is -2.30. The van der Waals surface area contributed by atoms with Gasteiger partial charge in [0.25, 0.3) is 5.54 Å². The zero-order chi connectivity index (χ0) is 14.9.